The van der Waals surface area contributed by atoms with Crippen LogP contribution < -0.4 is 25.8 Å². The Hall–Kier alpha value is -3.72. The molecule has 3 rings (SSSR count). The molecule has 0 saturated carbocycles. The van der Waals surface area contributed by atoms with Gasteiger partial charge in [0.1, 0.15) is 17.2 Å². The van der Waals surface area contributed by atoms with E-state index in [2.05, 4.69) is 17.6 Å². The van der Waals surface area contributed by atoms with Crippen LogP contribution in [-0.4, -0.2) is 31.4 Å². The summed E-state index contributed by atoms with van der Waals surface area (Å²) in [5, 5.41) is 18.8. The number of benzene rings is 2. The van der Waals surface area contributed by atoms with E-state index in [9.17, 15) is 10.1 Å². The van der Waals surface area contributed by atoms with Gasteiger partial charge in [0.15, 0.2) is 11.5 Å². The van der Waals surface area contributed by atoms with Crippen LogP contribution >= 0.6 is 0 Å². The predicted octanol–water partition coefficient (Wildman–Crippen LogP) is 3.44. The van der Waals surface area contributed by atoms with E-state index >= 15 is 0 Å². The van der Waals surface area contributed by atoms with Crippen molar-refractivity contribution in [3.63, 3.8) is 0 Å². The second-order valence-corrected chi connectivity index (χ2v) is 8.03. The zero-order valence-corrected chi connectivity index (χ0v) is 19.8. The minimum atomic E-state index is -1.31. The molecular weight excluding hydrogens is 436 g/mol. The zero-order chi connectivity index (χ0) is 24.6. The fraction of sp³-hybridized carbons (Fsp3) is 0.360. The van der Waals surface area contributed by atoms with Crippen molar-refractivity contribution in [2.45, 2.75) is 38.4 Å². The summed E-state index contributed by atoms with van der Waals surface area (Å²) in [5.74, 6) is 1.83. The summed E-state index contributed by atoms with van der Waals surface area (Å²) in [4.78, 5) is 11.8. The number of unbranched alkanes of at least 4 members (excludes halogenated alkanes) is 1. The van der Waals surface area contributed by atoms with Crippen LogP contribution in [0.2, 0.25) is 0 Å². The minimum Gasteiger partial charge on any atom is -0.497 e. The van der Waals surface area contributed by atoms with Crippen LogP contribution in [0, 0.1) is 10.1 Å². The number of allylic oxidation sites excluding steroid dienone is 1. The molecule has 0 spiro atoms. The molecule has 182 valence electrons. The topological polar surface area (TPSA) is 121 Å². The quantitative estimate of drug-likeness (QED) is 0.246. The van der Waals surface area contributed by atoms with Gasteiger partial charge in [0.25, 0.3) is 0 Å². The number of nitrogens with one attached hydrogen (secondary N) is 2. The Balaban J connectivity index is 1.97. The van der Waals surface area contributed by atoms with E-state index in [4.69, 9.17) is 19.9 Å². The van der Waals surface area contributed by atoms with Gasteiger partial charge in [-0.15, -0.1) is 0 Å². The van der Waals surface area contributed by atoms with Gasteiger partial charge in [0, 0.05) is 19.0 Å². The molecule has 1 aliphatic rings. The van der Waals surface area contributed by atoms with Gasteiger partial charge >= 0.3 is 5.70 Å². The number of rotatable bonds is 12. The highest BCUT2D eigenvalue weighted by molar-refractivity contribution is 5.37. The van der Waals surface area contributed by atoms with Gasteiger partial charge in [-0.05, 0) is 41.8 Å². The highest BCUT2D eigenvalue weighted by atomic mass is 16.6. The van der Waals surface area contributed by atoms with E-state index in [0.717, 1.165) is 29.7 Å². The number of methoxy groups -OCH3 is 2. The Morgan fingerprint density at radius 1 is 1.03 bits per heavy atom. The van der Waals surface area contributed by atoms with Crippen molar-refractivity contribution in [3.05, 3.63) is 93.1 Å². The van der Waals surface area contributed by atoms with Crippen LogP contribution in [0.15, 0.2) is 71.9 Å². The smallest absolute Gasteiger partial charge is 0.309 e. The summed E-state index contributed by atoms with van der Waals surface area (Å²) in [5.41, 5.74) is 6.60. The van der Waals surface area contributed by atoms with Crippen molar-refractivity contribution in [3.8, 4) is 11.5 Å². The maximum atomic E-state index is 12.2. The third kappa shape index (κ3) is 5.99. The van der Waals surface area contributed by atoms with Crippen molar-refractivity contribution >= 4 is 0 Å². The Morgan fingerprint density at radius 2 is 1.62 bits per heavy atom. The maximum Gasteiger partial charge on any atom is 0.309 e. The SMILES string of the molecule is CCCCOC1=CC(N)=C([N+](=O)[O-])C(Cc2ccc(OC)cc2)(NCc2ccc(OC)cc2)N1. The number of dihydropyridines is 1. The normalized spacial score (nSPS) is 17.6. The van der Waals surface area contributed by atoms with E-state index in [1.165, 1.54) is 6.08 Å². The third-order valence-corrected chi connectivity index (χ3v) is 5.62. The summed E-state index contributed by atoms with van der Waals surface area (Å²) in [6.07, 6.45) is 3.55. The fourth-order valence-corrected chi connectivity index (χ4v) is 3.79. The first kappa shape index (κ1) is 24.9. The molecule has 1 unspecified atom stereocenters. The predicted molar refractivity (Wildman–Crippen MR) is 130 cm³/mol. The van der Waals surface area contributed by atoms with Crippen LogP contribution in [0.3, 0.4) is 0 Å². The molecule has 9 nitrogen and oxygen atoms in total. The standard InChI is InChI=1S/C25H32N4O5/c1-4-5-14-34-23-15-22(26)24(29(30)31)25(28-23,16-18-6-10-20(32-2)11-7-18)27-17-19-8-12-21(33-3)13-9-19/h6-13,15,27-28H,4-5,14,16-17,26H2,1-3H3. The zero-order valence-electron chi connectivity index (χ0n) is 19.8. The molecule has 9 heteroatoms. The molecular formula is C25H32N4O5. The van der Waals surface area contributed by atoms with Gasteiger partial charge in [-0.1, -0.05) is 37.6 Å². The molecule has 34 heavy (non-hydrogen) atoms. The Labute approximate surface area is 199 Å². The third-order valence-electron chi connectivity index (χ3n) is 5.62. The lowest BCUT2D eigenvalue weighted by Gasteiger charge is -2.37. The number of nitro groups is 1. The van der Waals surface area contributed by atoms with Gasteiger partial charge in [0.2, 0.25) is 0 Å². The van der Waals surface area contributed by atoms with Crippen molar-refractivity contribution < 1.29 is 19.1 Å². The molecule has 0 amide bonds. The number of hydrogen-bond donors (Lipinski definition) is 3. The van der Waals surface area contributed by atoms with Gasteiger partial charge in [-0.2, -0.15) is 0 Å². The average molecular weight is 469 g/mol. The first-order valence-electron chi connectivity index (χ1n) is 11.2. The van der Waals surface area contributed by atoms with E-state index in [1.54, 1.807) is 14.2 Å². The summed E-state index contributed by atoms with van der Waals surface area (Å²) >= 11 is 0. The van der Waals surface area contributed by atoms with Gasteiger partial charge < -0.3 is 25.3 Å². The second kappa shape index (κ2) is 11.4. The van der Waals surface area contributed by atoms with Crippen LogP contribution in [-0.2, 0) is 17.7 Å². The Bertz CT molecular complexity index is 1030. The summed E-state index contributed by atoms with van der Waals surface area (Å²) in [6.45, 7) is 2.89. The molecule has 0 bridgehead atoms. The highest BCUT2D eigenvalue weighted by Gasteiger charge is 2.47. The number of nitrogens with zero attached hydrogens (tertiary/aromatic N) is 1. The first-order valence-corrected chi connectivity index (χ1v) is 11.2. The van der Waals surface area contributed by atoms with Crippen molar-refractivity contribution in [2.24, 2.45) is 5.73 Å². The highest BCUT2D eigenvalue weighted by Crippen LogP contribution is 2.29. The molecule has 0 saturated heterocycles. The van der Waals surface area contributed by atoms with Crippen molar-refractivity contribution in [1.29, 1.82) is 0 Å². The molecule has 4 N–H and O–H groups in total. The monoisotopic (exact) mass is 468 g/mol. The van der Waals surface area contributed by atoms with Crippen molar-refractivity contribution in [1.82, 2.24) is 10.6 Å². The molecule has 0 aliphatic carbocycles. The lowest BCUT2D eigenvalue weighted by Crippen LogP contribution is -2.62. The van der Waals surface area contributed by atoms with Gasteiger partial charge in [-0.3, -0.25) is 15.4 Å². The van der Waals surface area contributed by atoms with Gasteiger partial charge in [-0.25, -0.2) is 0 Å². The molecule has 0 fully saturated rings. The summed E-state index contributed by atoms with van der Waals surface area (Å²) < 4.78 is 16.3. The molecule has 2 aromatic rings. The first-order chi connectivity index (χ1) is 16.4. The van der Waals surface area contributed by atoms with Crippen LogP contribution in [0.1, 0.15) is 30.9 Å². The van der Waals surface area contributed by atoms with Crippen LogP contribution in [0.25, 0.3) is 0 Å². The van der Waals surface area contributed by atoms with E-state index in [0.29, 0.717) is 24.8 Å². The number of ether oxygens (including phenoxy) is 3. The fourth-order valence-electron chi connectivity index (χ4n) is 3.79. The molecule has 2 aromatic carbocycles. The molecule has 1 aliphatic heterocycles. The van der Waals surface area contributed by atoms with E-state index in [-0.39, 0.29) is 17.8 Å². The minimum absolute atomic E-state index is 0.0472. The molecule has 1 atom stereocenters. The van der Waals surface area contributed by atoms with E-state index in [1.807, 2.05) is 48.5 Å². The Kier molecular flexibility index (Phi) is 8.37. The van der Waals surface area contributed by atoms with E-state index < -0.39 is 10.6 Å². The van der Waals surface area contributed by atoms with Crippen LogP contribution in [0.5, 0.6) is 11.5 Å². The lowest BCUT2D eigenvalue weighted by atomic mass is 9.92. The van der Waals surface area contributed by atoms with Crippen molar-refractivity contribution in [2.75, 3.05) is 20.8 Å². The maximum absolute atomic E-state index is 12.2. The van der Waals surface area contributed by atoms with Crippen LogP contribution in [0.4, 0.5) is 0 Å². The van der Waals surface area contributed by atoms with Gasteiger partial charge in [0.05, 0.1) is 25.7 Å². The molecule has 1 heterocycles. The lowest BCUT2D eigenvalue weighted by molar-refractivity contribution is -0.439. The number of hydrogen-bond acceptors (Lipinski definition) is 8. The second-order valence-electron chi connectivity index (χ2n) is 8.03. The number of nitrogens with two attached hydrogens (primary N) is 1. The summed E-state index contributed by atoms with van der Waals surface area (Å²) in [6, 6.07) is 14.9. The molecule has 0 aromatic heterocycles. The largest absolute Gasteiger partial charge is 0.497 e. The Morgan fingerprint density at radius 3 is 2.15 bits per heavy atom. The average Bonchev–Trinajstić information content (AvgIpc) is 2.83. The summed E-state index contributed by atoms with van der Waals surface area (Å²) in [7, 11) is 3.20. The molecule has 0 radical (unpaired) electrons.